The quantitative estimate of drug-likeness (QED) is 0.535. The number of unbranched alkanes of at least 4 members (excludes halogenated alkanes) is 2. The summed E-state index contributed by atoms with van der Waals surface area (Å²) in [7, 11) is 1.95. The number of piperidine rings is 1. The molecule has 0 saturated carbocycles. The van der Waals surface area contributed by atoms with E-state index in [1.165, 1.54) is 18.5 Å². The maximum absolute atomic E-state index is 12.5. The molecule has 1 aromatic carbocycles. The van der Waals surface area contributed by atoms with Gasteiger partial charge in [-0.25, -0.2) is 0 Å². The van der Waals surface area contributed by atoms with Crippen LogP contribution in [0.25, 0.3) is 11.3 Å². The lowest BCUT2D eigenvalue weighted by atomic mass is 9.85. The number of rotatable bonds is 10. The van der Waals surface area contributed by atoms with Crippen LogP contribution in [-0.4, -0.2) is 47.7 Å². The van der Waals surface area contributed by atoms with Crippen molar-refractivity contribution in [2.24, 2.45) is 11.8 Å². The predicted molar refractivity (Wildman–Crippen MR) is 126 cm³/mol. The largest absolute Gasteiger partial charge is 0.346 e. The van der Waals surface area contributed by atoms with Gasteiger partial charge < -0.3 is 10.2 Å². The van der Waals surface area contributed by atoms with Gasteiger partial charge in [-0.15, -0.1) is 12.4 Å². The summed E-state index contributed by atoms with van der Waals surface area (Å²) >= 11 is 0. The molecule has 1 saturated heterocycles. The van der Waals surface area contributed by atoms with Crippen LogP contribution < -0.4 is 5.32 Å². The highest BCUT2D eigenvalue weighted by molar-refractivity contribution is 5.85. The standard InChI is InChI=1S/C24H36N4O.ClH/c1-19(21-12-9-14-25-18-21)16-24(29)28(2)15-8-4-7-13-22-17-23(27-26-22)20-10-5-3-6-11-20;/h3,5-6,10-11,17,19,21,25H,4,7-9,12-16,18H2,1-2H3,(H,26,27);1H. The predicted octanol–water partition coefficient (Wildman–Crippen LogP) is 4.70. The van der Waals surface area contributed by atoms with Crippen molar-refractivity contribution in [3.05, 3.63) is 42.1 Å². The Morgan fingerprint density at radius 2 is 2.03 bits per heavy atom. The van der Waals surface area contributed by atoms with E-state index in [-0.39, 0.29) is 12.4 Å². The Labute approximate surface area is 187 Å². The molecule has 1 amide bonds. The van der Waals surface area contributed by atoms with Gasteiger partial charge in [-0.05, 0) is 63.1 Å². The molecule has 0 radical (unpaired) electrons. The zero-order valence-corrected chi connectivity index (χ0v) is 19.2. The lowest BCUT2D eigenvalue weighted by Crippen LogP contribution is -2.36. The number of H-pyrrole nitrogens is 1. The van der Waals surface area contributed by atoms with E-state index in [0.717, 1.165) is 56.6 Å². The number of nitrogens with zero attached hydrogens (tertiary/aromatic N) is 2. The van der Waals surface area contributed by atoms with Crippen molar-refractivity contribution in [1.29, 1.82) is 0 Å². The molecule has 5 nitrogen and oxygen atoms in total. The second kappa shape index (κ2) is 12.8. The molecule has 2 aromatic rings. The van der Waals surface area contributed by atoms with Gasteiger partial charge in [0.25, 0.3) is 0 Å². The monoisotopic (exact) mass is 432 g/mol. The molecule has 30 heavy (non-hydrogen) atoms. The summed E-state index contributed by atoms with van der Waals surface area (Å²) in [6.45, 7) is 5.28. The SMILES string of the molecule is CC(CC(=O)N(C)CCCCCc1cc(-c2ccccc2)n[nH]1)C1CCCNC1.Cl. The van der Waals surface area contributed by atoms with Crippen molar-refractivity contribution in [3.8, 4) is 11.3 Å². The first-order valence-corrected chi connectivity index (χ1v) is 11.2. The fraction of sp³-hybridized carbons (Fsp3) is 0.583. The number of aryl methyl sites for hydroxylation is 1. The fourth-order valence-electron chi connectivity index (χ4n) is 4.17. The summed E-state index contributed by atoms with van der Waals surface area (Å²) < 4.78 is 0. The number of carbonyl (C=O) groups is 1. The summed E-state index contributed by atoms with van der Waals surface area (Å²) in [5.41, 5.74) is 3.34. The van der Waals surface area contributed by atoms with E-state index >= 15 is 0 Å². The third kappa shape index (κ3) is 7.44. The van der Waals surface area contributed by atoms with Gasteiger partial charge in [0, 0.05) is 31.3 Å². The number of hydrogen-bond donors (Lipinski definition) is 2. The molecule has 1 fully saturated rings. The Kier molecular flexibility index (Phi) is 10.4. The third-order valence-corrected chi connectivity index (χ3v) is 6.20. The summed E-state index contributed by atoms with van der Waals surface area (Å²) in [5, 5.41) is 11.0. The molecule has 0 bridgehead atoms. The van der Waals surface area contributed by atoms with Crippen molar-refractivity contribution >= 4 is 18.3 Å². The average molecular weight is 433 g/mol. The highest BCUT2D eigenvalue weighted by Crippen LogP contribution is 2.23. The number of aromatic nitrogens is 2. The lowest BCUT2D eigenvalue weighted by molar-refractivity contribution is -0.131. The van der Waals surface area contributed by atoms with Crippen LogP contribution in [0.1, 0.15) is 51.1 Å². The van der Waals surface area contributed by atoms with Crippen LogP contribution in [0.2, 0.25) is 0 Å². The molecule has 0 spiro atoms. The summed E-state index contributed by atoms with van der Waals surface area (Å²) in [6, 6.07) is 12.4. The van der Waals surface area contributed by atoms with E-state index in [1.54, 1.807) is 0 Å². The van der Waals surface area contributed by atoms with Crippen LogP contribution in [0.3, 0.4) is 0 Å². The first-order chi connectivity index (χ1) is 14.1. The van der Waals surface area contributed by atoms with Crippen molar-refractivity contribution in [2.45, 2.75) is 51.9 Å². The number of halogens is 1. The average Bonchev–Trinajstić information content (AvgIpc) is 3.23. The Bertz CT molecular complexity index is 743. The summed E-state index contributed by atoms with van der Waals surface area (Å²) in [5.74, 6) is 1.41. The number of hydrogen-bond acceptors (Lipinski definition) is 3. The second-order valence-corrected chi connectivity index (χ2v) is 8.56. The number of carbonyl (C=O) groups excluding carboxylic acids is 1. The van der Waals surface area contributed by atoms with Crippen molar-refractivity contribution in [1.82, 2.24) is 20.4 Å². The highest BCUT2D eigenvalue weighted by atomic mass is 35.5. The Morgan fingerprint density at radius 1 is 1.23 bits per heavy atom. The Hall–Kier alpha value is -1.85. The normalized spacial score (nSPS) is 17.2. The highest BCUT2D eigenvalue weighted by Gasteiger charge is 2.23. The Morgan fingerprint density at radius 3 is 2.77 bits per heavy atom. The molecule has 1 aliphatic heterocycles. The zero-order valence-electron chi connectivity index (χ0n) is 18.4. The van der Waals surface area contributed by atoms with E-state index in [2.05, 4.69) is 40.6 Å². The van der Waals surface area contributed by atoms with Gasteiger partial charge in [0.15, 0.2) is 0 Å². The molecule has 2 heterocycles. The second-order valence-electron chi connectivity index (χ2n) is 8.56. The van der Waals surface area contributed by atoms with Gasteiger partial charge in [0.05, 0.1) is 5.69 Å². The molecular formula is C24H37ClN4O. The molecule has 166 valence electrons. The van der Waals surface area contributed by atoms with Gasteiger partial charge in [-0.2, -0.15) is 5.10 Å². The first kappa shape index (κ1) is 24.4. The Balaban J connectivity index is 0.00000320. The number of amides is 1. The van der Waals surface area contributed by atoms with E-state index in [1.807, 2.05) is 30.1 Å². The first-order valence-electron chi connectivity index (χ1n) is 11.2. The molecule has 6 heteroatoms. The van der Waals surface area contributed by atoms with Gasteiger partial charge in [0.2, 0.25) is 5.91 Å². The molecule has 2 atom stereocenters. The molecule has 1 aliphatic rings. The maximum atomic E-state index is 12.5. The van der Waals surface area contributed by atoms with Crippen LogP contribution in [-0.2, 0) is 11.2 Å². The van der Waals surface area contributed by atoms with Crippen LogP contribution >= 0.6 is 12.4 Å². The topological polar surface area (TPSA) is 61.0 Å². The van der Waals surface area contributed by atoms with Crippen molar-refractivity contribution in [3.63, 3.8) is 0 Å². The summed E-state index contributed by atoms with van der Waals surface area (Å²) in [6.07, 6.45) is 7.47. The molecule has 2 unspecified atom stereocenters. The van der Waals surface area contributed by atoms with Crippen LogP contribution in [0, 0.1) is 11.8 Å². The minimum Gasteiger partial charge on any atom is -0.346 e. The molecule has 2 N–H and O–H groups in total. The van der Waals surface area contributed by atoms with Crippen LogP contribution in [0.5, 0.6) is 0 Å². The van der Waals surface area contributed by atoms with Gasteiger partial charge in [0.1, 0.15) is 0 Å². The number of aromatic amines is 1. The molecular weight excluding hydrogens is 396 g/mol. The van der Waals surface area contributed by atoms with Gasteiger partial charge in [-0.1, -0.05) is 43.7 Å². The number of nitrogens with one attached hydrogen (secondary N) is 2. The summed E-state index contributed by atoms with van der Waals surface area (Å²) in [4.78, 5) is 14.4. The molecule has 0 aliphatic carbocycles. The lowest BCUT2D eigenvalue weighted by Gasteiger charge is -2.29. The zero-order chi connectivity index (χ0) is 20.5. The van der Waals surface area contributed by atoms with Gasteiger partial charge >= 0.3 is 0 Å². The minimum absolute atomic E-state index is 0. The van der Waals surface area contributed by atoms with E-state index in [9.17, 15) is 4.79 Å². The number of benzene rings is 1. The van der Waals surface area contributed by atoms with Crippen LogP contribution in [0.4, 0.5) is 0 Å². The fourth-order valence-corrected chi connectivity index (χ4v) is 4.17. The molecule has 3 rings (SSSR count). The van der Waals surface area contributed by atoms with E-state index < -0.39 is 0 Å². The third-order valence-electron chi connectivity index (χ3n) is 6.20. The van der Waals surface area contributed by atoms with E-state index in [4.69, 9.17) is 0 Å². The molecule has 1 aromatic heterocycles. The smallest absolute Gasteiger partial charge is 0.222 e. The van der Waals surface area contributed by atoms with E-state index in [0.29, 0.717) is 24.2 Å². The van der Waals surface area contributed by atoms with Crippen molar-refractivity contribution in [2.75, 3.05) is 26.7 Å². The van der Waals surface area contributed by atoms with Gasteiger partial charge in [-0.3, -0.25) is 9.89 Å². The maximum Gasteiger partial charge on any atom is 0.222 e. The van der Waals surface area contributed by atoms with Crippen LogP contribution in [0.15, 0.2) is 36.4 Å². The minimum atomic E-state index is 0. The van der Waals surface area contributed by atoms with Crippen molar-refractivity contribution < 1.29 is 4.79 Å².